The molecule has 1 aromatic heterocycles. The predicted octanol–water partition coefficient (Wildman–Crippen LogP) is 0.0716. The molecule has 1 amide bonds. The molecule has 0 radical (unpaired) electrons. The molecule has 23 heavy (non-hydrogen) atoms. The molecule has 0 saturated carbocycles. The topological polar surface area (TPSA) is 117 Å². The molecule has 2 heterocycles. The second-order valence-electron chi connectivity index (χ2n) is 5.44. The average molecular weight is 341 g/mol. The fraction of sp³-hybridized carbons (Fsp3) is 0.500. The first-order valence-electron chi connectivity index (χ1n) is 7.25. The summed E-state index contributed by atoms with van der Waals surface area (Å²) in [7, 11) is -3.60. The molecule has 126 valence electrons. The van der Waals surface area contributed by atoms with Gasteiger partial charge >= 0.3 is 5.97 Å². The molecule has 0 bridgehead atoms. The van der Waals surface area contributed by atoms with Crippen molar-refractivity contribution in [3.05, 3.63) is 24.5 Å². The van der Waals surface area contributed by atoms with Gasteiger partial charge in [0, 0.05) is 31.4 Å². The Morgan fingerprint density at radius 3 is 2.57 bits per heavy atom. The molecular weight excluding hydrogens is 322 g/mol. The highest BCUT2D eigenvalue weighted by Gasteiger charge is 2.32. The summed E-state index contributed by atoms with van der Waals surface area (Å²) in [4.78, 5) is 26.7. The summed E-state index contributed by atoms with van der Waals surface area (Å²) in [5, 5.41) is 11.2. The van der Waals surface area contributed by atoms with Crippen molar-refractivity contribution in [2.45, 2.75) is 30.7 Å². The Morgan fingerprint density at radius 1 is 1.39 bits per heavy atom. The normalized spacial score (nSPS) is 18.3. The Labute approximate surface area is 134 Å². The van der Waals surface area contributed by atoms with Gasteiger partial charge in [0.2, 0.25) is 15.9 Å². The van der Waals surface area contributed by atoms with Crippen LogP contribution in [0.3, 0.4) is 0 Å². The SMILES string of the molecule is C[C@@H](NC(=O)C1CCN(S(=O)(=O)c2cccnc2)CC1)C(=O)O. The average Bonchev–Trinajstić information content (AvgIpc) is 2.55. The van der Waals surface area contributed by atoms with Gasteiger partial charge in [-0.1, -0.05) is 0 Å². The number of carboxylic acid groups (broad SMARTS) is 1. The number of nitrogens with one attached hydrogen (secondary N) is 1. The van der Waals surface area contributed by atoms with E-state index in [0.717, 1.165) is 0 Å². The number of aromatic nitrogens is 1. The van der Waals surface area contributed by atoms with E-state index in [1.807, 2.05) is 0 Å². The number of piperidine rings is 1. The Balaban J connectivity index is 1.96. The number of aliphatic carboxylic acids is 1. The van der Waals surface area contributed by atoms with E-state index in [9.17, 15) is 18.0 Å². The summed E-state index contributed by atoms with van der Waals surface area (Å²) in [6.45, 7) is 1.83. The molecule has 1 fully saturated rings. The molecule has 2 N–H and O–H groups in total. The second kappa shape index (κ2) is 7.05. The Kier molecular flexibility index (Phi) is 5.32. The number of carboxylic acids is 1. The third kappa shape index (κ3) is 4.05. The van der Waals surface area contributed by atoms with E-state index in [4.69, 9.17) is 5.11 Å². The van der Waals surface area contributed by atoms with Crippen molar-refractivity contribution in [1.29, 1.82) is 0 Å². The molecule has 1 aromatic rings. The van der Waals surface area contributed by atoms with Gasteiger partial charge in [0.25, 0.3) is 0 Å². The zero-order valence-electron chi connectivity index (χ0n) is 12.7. The number of hydrogen-bond donors (Lipinski definition) is 2. The third-order valence-corrected chi connectivity index (χ3v) is 5.71. The van der Waals surface area contributed by atoms with Crippen LogP contribution < -0.4 is 5.32 Å². The fourth-order valence-corrected chi connectivity index (χ4v) is 3.83. The highest BCUT2D eigenvalue weighted by Crippen LogP contribution is 2.23. The summed E-state index contributed by atoms with van der Waals surface area (Å²) < 4.78 is 26.2. The molecular formula is C14H19N3O5S. The summed E-state index contributed by atoms with van der Waals surface area (Å²) in [6.07, 6.45) is 3.51. The van der Waals surface area contributed by atoms with Crippen molar-refractivity contribution in [3.63, 3.8) is 0 Å². The van der Waals surface area contributed by atoms with Gasteiger partial charge in [-0.2, -0.15) is 4.31 Å². The van der Waals surface area contributed by atoms with Gasteiger partial charge in [-0.3, -0.25) is 14.6 Å². The minimum atomic E-state index is -3.60. The van der Waals surface area contributed by atoms with Crippen LogP contribution in [0.1, 0.15) is 19.8 Å². The van der Waals surface area contributed by atoms with Crippen LogP contribution in [0.2, 0.25) is 0 Å². The zero-order chi connectivity index (χ0) is 17.0. The van der Waals surface area contributed by atoms with Gasteiger partial charge in [-0.25, -0.2) is 8.42 Å². The maximum Gasteiger partial charge on any atom is 0.325 e. The number of pyridine rings is 1. The van der Waals surface area contributed by atoms with Gasteiger partial charge in [-0.05, 0) is 31.9 Å². The van der Waals surface area contributed by atoms with Crippen molar-refractivity contribution < 1.29 is 23.1 Å². The number of sulfonamides is 1. The van der Waals surface area contributed by atoms with Crippen LogP contribution in [0, 0.1) is 5.92 Å². The standard InChI is InChI=1S/C14H19N3O5S/c1-10(14(19)20)16-13(18)11-4-7-17(8-5-11)23(21,22)12-3-2-6-15-9-12/h2-3,6,9-11H,4-5,7-8H2,1H3,(H,16,18)(H,19,20)/t10-/m1/s1. The maximum atomic E-state index is 12.4. The van der Waals surface area contributed by atoms with E-state index in [0.29, 0.717) is 12.8 Å². The maximum absolute atomic E-state index is 12.4. The van der Waals surface area contributed by atoms with Gasteiger partial charge < -0.3 is 10.4 Å². The minimum absolute atomic E-state index is 0.127. The molecule has 2 rings (SSSR count). The quantitative estimate of drug-likeness (QED) is 0.783. The van der Waals surface area contributed by atoms with Crippen LogP contribution in [0.5, 0.6) is 0 Å². The number of amides is 1. The summed E-state index contributed by atoms with van der Waals surface area (Å²) in [5.74, 6) is -1.83. The van der Waals surface area contributed by atoms with Gasteiger partial charge in [-0.15, -0.1) is 0 Å². The smallest absolute Gasteiger partial charge is 0.325 e. The lowest BCUT2D eigenvalue weighted by Gasteiger charge is -2.30. The van der Waals surface area contributed by atoms with Gasteiger partial charge in [0.1, 0.15) is 10.9 Å². The fourth-order valence-electron chi connectivity index (χ4n) is 2.40. The first kappa shape index (κ1) is 17.4. The molecule has 0 aliphatic carbocycles. The largest absolute Gasteiger partial charge is 0.480 e. The Bertz CT molecular complexity index is 669. The van der Waals surface area contributed by atoms with Gasteiger partial charge in [0.15, 0.2) is 0 Å². The monoisotopic (exact) mass is 341 g/mol. The Hall–Kier alpha value is -2.00. The van der Waals surface area contributed by atoms with E-state index in [-0.39, 0.29) is 29.8 Å². The summed E-state index contributed by atoms with van der Waals surface area (Å²) in [5.41, 5.74) is 0. The molecule has 0 spiro atoms. The van der Waals surface area contributed by atoms with Crippen molar-refractivity contribution >= 4 is 21.9 Å². The number of carbonyl (C=O) groups is 2. The summed E-state index contributed by atoms with van der Waals surface area (Å²) in [6, 6.07) is 2.08. The first-order chi connectivity index (χ1) is 10.8. The van der Waals surface area contributed by atoms with Crippen molar-refractivity contribution in [1.82, 2.24) is 14.6 Å². The van der Waals surface area contributed by atoms with Crippen LogP contribution in [0.25, 0.3) is 0 Å². The van der Waals surface area contributed by atoms with E-state index in [1.165, 1.54) is 29.7 Å². The van der Waals surface area contributed by atoms with Gasteiger partial charge in [0.05, 0.1) is 0 Å². The Morgan fingerprint density at radius 2 is 2.04 bits per heavy atom. The minimum Gasteiger partial charge on any atom is -0.480 e. The van der Waals surface area contributed by atoms with E-state index in [2.05, 4.69) is 10.3 Å². The molecule has 0 unspecified atom stereocenters. The lowest BCUT2D eigenvalue weighted by Crippen LogP contribution is -2.46. The van der Waals surface area contributed by atoms with Crippen LogP contribution in [-0.4, -0.2) is 53.8 Å². The molecule has 1 saturated heterocycles. The molecule has 0 aromatic carbocycles. The zero-order valence-corrected chi connectivity index (χ0v) is 13.5. The highest BCUT2D eigenvalue weighted by atomic mass is 32.2. The van der Waals surface area contributed by atoms with Crippen LogP contribution in [0.4, 0.5) is 0 Å². The van der Waals surface area contributed by atoms with Crippen molar-refractivity contribution in [2.75, 3.05) is 13.1 Å². The number of hydrogen-bond acceptors (Lipinski definition) is 5. The first-order valence-corrected chi connectivity index (χ1v) is 8.69. The van der Waals surface area contributed by atoms with Crippen LogP contribution in [-0.2, 0) is 19.6 Å². The number of rotatable bonds is 5. The predicted molar refractivity (Wildman–Crippen MR) is 81.0 cm³/mol. The van der Waals surface area contributed by atoms with E-state index < -0.39 is 22.0 Å². The second-order valence-corrected chi connectivity index (χ2v) is 7.37. The molecule has 1 aliphatic rings. The van der Waals surface area contributed by atoms with E-state index in [1.54, 1.807) is 6.07 Å². The summed E-state index contributed by atoms with van der Waals surface area (Å²) >= 11 is 0. The lowest BCUT2D eigenvalue weighted by molar-refractivity contribution is -0.142. The lowest BCUT2D eigenvalue weighted by atomic mass is 9.97. The van der Waals surface area contributed by atoms with Crippen LogP contribution in [0.15, 0.2) is 29.4 Å². The third-order valence-electron chi connectivity index (χ3n) is 3.83. The highest BCUT2D eigenvalue weighted by molar-refractivity contribution is 7.89. The number of nitrogens with zero attached hydrogens (tertiary/aromatic N) is 2. The molecule has 1 atom stereocenters. The van der Waals surface area contributed by atoms with E-state index >= 15 is 0 Å². The molecule has 8 nitrogen and oxygen atoms in total. The van der Waals surface area contributed by atoms with Crippen LogP contribution >= 0.6 is 0 Å². The van der Waals surface area contributed by atoms with Crippen molar-refractivity contribution in [2.24, 2.45) is 5.92 Å². The molecule has 9 heteroatoms. The van der Waals surface area contributed by atoms with Crippen molar-refractivity contribution in [3.8, 4) is 0 Å². The molecule has 1 aliphatic heterocycles. The number of carbonyl (C=O) groups excluding carboxylic acids is 1.